The van der Waals surface area contributed by atoms with E-state index >= 15 is 0 Å². The lowest BCUT2D eigenvalue weighted by Gasteiger charge is -2.41. The van der Waals surface area contributed by atoms with Crippen LogP contribution in [-0.2, 0) is 4.79 Å². The number of rotatable bonds is 0. The van der Waals surface area contributed by atoms with Gasteiger partial charge in [0.05, 0.1) is 5.60 Å². The Morgan fingerprint density at radius 3 is 3.10 bits per heavy atom. The smallest absolute Gasteiger partial charge is 0.248 e. The average molecular weight is 289 g/mol. The van der Waals surface area contributed by atoms with Crippen LogP contribution in [0.3, 0.4) is 0 Å². The summed E-state index contributed by atoms with van der Waals surface area (Å²) in [6.45, 7) is 2.06. The van der Waals surface area contributed by atoms with Crippen molar-refractivity contribution in [2.24, 2.45) is 0 Å². The number of fused-ring (bicyclic) bond motifs is 2. The predicted octanol–water partition coefficient (Wildman–Crippen LogP) is -0.393. The molecular weight excluding hydrogens is 274 g/mol. The van der Waals surface area contributed by atoms with Gasteiger partial charge in [-0.25, -0.2) is 0 Å². The van der Waals surface area contributed by atoms with Gasteiger partial charge in [-0.2, -0.15) is 15.1 Å². The Morgan fingerprint density at radius 2 is 2.29 bits per heavy atom. The number of carbonyl (C=O) groups is 1. The summed E-state index contributed by atoms with van der Waals surface area (Å²) in [6, 6.07) is -0.392. The second-order valence-corrected chi connectivity index (χ2v) is 5.87. The molecule has 0 saturated carbocycles. The number of nitrogens with zero attached hydrogens (tertiary/aromatic N) is 4. The highest BCUT2D eigenvalue weighted by atomic mass is 16.3. The first-order chi connectivity index (χ1) is 9.94. The van der Waals surface area contributed by atoms with Crippen molar-refractivity contribution in [2.45, 2.75) is 31.4 Å². The summed E-state index contributed by atoms with van der Waals surface area (Å²) in [5.41, 5.74) is 5.34. The van der Waals surface area contributed by atoms with Crippen LogP contribution in [-0.4, -0.2) is 49.4 Å². The van der Waals surface area contributed by atoms with E-state index in [0.717, 1.165) is 0 Å². The Kier molecular flexibility index (Phi) is 2.24. The first-order valence-electron chi connectivity index (χ1n) is 6.76. The van der Waals surface area contributed by atoms with Crippen LogP contribution in [0, 0.1) is 0 Å². The van der Waals surface area contributed by atoms with Gasteiger partial charge in [0.25, 0.3) is 0 Å². The molecule has 1 unspecified atom stereocenters. The Hall–Kier alpha value is -2.42. The molecule has 2 aromatic heterocycles. The third-order valence-corrected chi connectivity index (χ3v) is 4.08. The fraction of sp³-hybridized carbons (Fsp3) is 0.500. The summed E-state index contributed by atoms with van der Waals surface area (Å²) < 4.78 is 0. The Balaban J connectivity index is 1.97. The lowest BCUT2D eigenvalue weighted by molar-refractivity contribution is -0.118. The van der Waals surface area contributed by atoms with Gasteiger partial charge in [0.2, 0.25) is 11.9 Å². The molecule has 21 heavy (non-hydrogen) atoms. The maximum atomic E-state index is 12.4. The lowest BCUT2D eigenvalue weighted by atomic mass is 9.90. The quantitative estimate of drug-likeness (QED) is 0.519. The van der Waals surface area contributed by atoms with Crippen molar-refractivity contribution in [1.29, 1.82) is 0 Å². The minimum absolute atomic E-state index is 0.103. The zero-order chi connectivity index (χ0) is 14.8. The van der Waals surface area contributed by atoms with Crippen molar-refractivity contribution in [3.05, 3.63) is 0 Å². The zero-order valence-electron chi connectivity index (χ0n) is 11.4. The first kappa shape index (κ1) is 12.3. The van der Waals surface area contributed by atoms with E-state index in [4.69, 9.17) is 5.73 Å². The predicted molar refractivity (Wildman–Crippen MR) is 75.7 cm³/mol. The highest BCUT2D eigenvalue weighted by Gasteiger charge is 2.42. The number of aromatic amines is 1. The number of carbonyl (C=O) groups excluding carboxylic acids is 1. The van der Waals surface area contributed by atoms with E-state index in [1.165, 1.54) is 0 Å². The van der Waals surface area contributed by atoms with Crippen LogP contribution in [0.25, 0.3) is 11.0 Å². The number of hydrogen-bond donors (Lipinski definition) is 4. The summed E-state index contributed by atoms with van der Waals surface area (Å²) >= 11 is 0. The van der Waals surface area contributed by atoms with Crippen LogP contribution in [0.4, 0.5) is 17.6 Å². The molecule has 2 aliphatic heterocycles. The van der Waals surface area contributed by atoms with Crippen LogP contribution in [0.2, 0.25) is 0 Å². The van der Waals surface area contributed by atoms with Gasteiger partial charge in [-0.15, -0.1) is 0 Å². The summed E-state index contributed by atoms with van der Waals surface area (Å²) in [7, 11) is 0. The summed E-state index contributed by atoms with van der Waals surface area (Å²) in [6.07, 6.45) is 1.09. The number of anilines is 3. The molecule has 9 heteroatoms. The van der Waals surface area contributed by atoms with Crippen molar-refractivity contribution >= 4 is 34.5 Å². The molecule has 1 amide bonds. The molecule has 0 spiro atoms. The van der Waals surface area contributed by atoms with Crippen LogP contribution in [0.15, 0.2) is 0 Å². The molecular formula is C12H15N7O2. The second-order valence-electron chi connectivity index (χ2n) is 5.87. The Morgan fingerprint density at radius 1 is 1.48 bits per heavy atom. The molecule has 2 aliphatic rings. The molecule has 2 aromatic rings. The third kappa shape index (κ3) is 1.74. The number of nitrogens with two attached hydrogens (primary N) is 1. The van der Waals surface area contributed by atoms with E-state index in [0.29, 0.717) is 42.1 Å². The van der Waals surface area contributed by atoms with E-state index in [1.807, 2.05) is 0 Å². The largest absolute Gasteiger partial charge is 0.388 e. The van der Waals surface area contributed by atoms with Gasteiger partial charge in [-0.1, -0.05) is 0 Å². The monoisotopic (exact) mass is 289 g/mol. The molecule has 2 atom stereocenters. The van der Waals surface area contributed by atoms with Gasteiger partial charge in [0, 0.05) is 6.54 Å². The van der Waals surface area contributed by atoms with Crippen molar-refractivity contribution in [3.63, 3.8) is 0 Å². The highest BCUT2D eigenvalue weighted by molar-refractivity contribution is 6.09. The minimum atomic E-state index is -0.878. The molecule has 1 fully saturated rings. The maximum Gasteiger partial charge on any atom is 0.248 e. The number of H-pyrrole nitrogens is 1. The van der Waals surface area contributed by atoms with E-state index in [-0.39, 0.29) is 11.9 Å². The van der Waals surface area contributed by atoms with Gasteiger partial charge >= 0.3 is 0 Å². The average Bonchev–Trinajstić information content (AvgIpc) is 2.74. The van der Waals surface area contributed by atoms with Crippen molar-refractivity contribution < 1.29 is 9.90 Å². The van der Waals surface area contributed by atoms with E-state index in [2.05, 4.69) is 25.5 Å². The highest BCUT2D eigenvalue weighted by Crippen LogP contribution is 2.38. The number of amides is 1. The maximum absolute atomic E-state index is 12.4. The number of aromatic nitrogens is 4. The van der Waals surface area contributed by atoms with Crippen LogP contribution in [0.5, 0.6) is 0 Å². The van der Waals surface area contributed by atoms with Gasteiger partial charge in [0.15, 0.2) is 11.5 Å². The SMILES string of the molecule is C[C@]1(O)CCC2C(=O)Nc3n[nH]c4nc(N)nc(c34)N2C1. The van der Waals surface area contributed by atoms with Crippen LogP contribution >= 0.6 is 0 Å². The molecule has 4 heterocycles. The third-order valence-electron chi connectivity index (χ3n) is 4.08. The number of nitrogens with one attached hydrogen (secondary N) is 2. The van der Waals surface area contributed by atoms with Crippen LogP contribution < -0.4 is 16.0 Å². The standard InChI is InChI=1S/C12H15N7O2/c1-12(21)3-2-5-10(20)14-7-6-8(18-17-7)15-11(13)16-9(6)19(5)4-12/h5,21H,2-4H2,1H3,(H4,13,14,15,16,17,18,20)/t5?,12-/m0/s1. The first-order valence-corrected chi connectivity index (χ1v) is 6.76. The Bertz CT molecular complexity index is 753. The molecule has 0 bridgehead atoms. The van der Waals surface area contributed by atoms with Crippen molar-refractivity contribution in [2.75, 3.05) is 22.5 Å². The van der Waals surface area contributed by atoms with Gasteiger partial charge < -0.3 is 21.1 Å². The van der Waals surface area contributed by atoms with Crippen molar-refractivity contribution in [3.8, 4) is 0 Å². The molecule has 4 rings (SSSR count). The number of piperidine rings is 1. The lowest BCUT2D eigenvalue weighted by Crippen LogP contribution is -2.55. The van der Waals surface area contributed by atoms with Gasteiger partial charge in [-0.05, 0) is 19.8 Å². The minimum Gasteiger partial charge on any atom is -0.388 e. The summed E-state index contributed by atoms with van der Waals surface area (Å²) in [5.74, 6) is 0.880. The summed E-state index contributed by atoms with van der Waals surface area (Å²) in [4.78, 5) is 22.5. The van der Waals surface area contributed by atoms with Crippen molar-refractivity contribution in [1.82, 2.24) is 20.2 Å². The van der Waals surface area contributed by atoms with Crippen LogP contribution in [0.1, 0.15) is 19.8 Å². The van der Waals surface area contributed by atoms with Gasteiger partial charge in [-0.3, -0.25) is 9.89 Å². The molecule has 0 aliphatic carbocycles. The number of nitrogen functional groups attached to an aromatic ring is 1. The summed E-state index contributed by atoms with van der Waals surface area (Å²) in [5, 5.41) is 20.6. The molecule has 110 valence electrons. The number of hydrogen-bond acceptors (Lipinski definition) is 7. The second kappa shape index (κ2) is 3.82. The van der Waals surface area contributed by atoms with E-state index in [9.17, 15) is 9.90 Å². The normalized spacial score (nSPS) is 28.2. The fourth-order valence-electron chi connectivity index (χ4n) is 3.08. The number of aliphatic hydroxyl groups is 1. The molecule has 5 N–H and O–H groups in total. The van der Waals surface area contributed by atoms with E-state index < -0.39 is 11.6 Å². The van der Waals surface area contributed by atoms with E-state index in [1.54, 1.807) is 11.8 Å². The fourth-order valence-corrected chi connectivity index (χ4v) is 3.08. The zero-order valence-corrected chi connectivity index (χ0v) is 11.4. The molecule has 9 nitrogen and oxygen atoms in total. The molecule has 0 aromatic carbocycles. The molecule has 0 radical (unpaired) electrons. The van der Waals surface area contributed by atoms with Gasteiger partial charge in [0.1, 0.15) is 17.2 Å². The Labute approximate surface area is 119 Å². The molecule has 1 saturated heterocycles. The topological polar surface area (TPSA) is 133 Å².